The van der Waals surface area contributed by atoms with E-state index in [4.69, 9.17) is 0 Å². The summed E-state index contributed by atoms with van der Waals surface area (Å²) < 4.78 is 2.35. The number of hydrogen-bond acceptors (Lipinski definition) is 3. The summed E-state index contributed by atoms with van der Waals surface area (Å²) in [6.07, 6.45) is 6.54. The van der Waals surface area contributed by atoms with Gasteiger partial charge in [-0.05, 0) is 39.4 Å². The van der Waals surface area contributed by atoms with E-state index in [1.807, 2.05) is 12.5 Å². The van der Waals surface area contributed by atoms with Crippen LogP contribution in [0.15, 0.2) is 12.5 Å². The predicted molar refractivity (Wildman–Crippen MR) is 74.7 cm³/mol. The van der Waals surface area contributed by atoms with Crippen LogP contribution in [-0.2, 0) is 0 Å². The first kappa shape index (κ1) is 13.6. The van der Waals surface area contributed by atoms with Crippen molar-refractivity contribution in [2.24, 2.45) is 0 Å². The van der Waals surface area contributed by atoms with Crippen molar-refractivity contribution in [3.05, 3.63) is 18.2 Å². The molecule has 2 heterocycles. The summed E-state index contributed by atoms with van der Waals surface area (Å²) in [4.78, 5) is 6.82. The summed E-state index contributed by atoms with van der Waals surface area (Å²) in [5, 5.41) is 3.56. The van der Waals surface area contributed by atoms with Crippen molar-refractivity contribution in [2.45, 2.75) is 45.7 Å². The molecule has 0 bridgehead atoms. The highest BCUT2D eigenvalue weighted by Gasteiger charge is 2.22. The van der Waals surface area contributed by atoms with E-state index in [-0.39, 0.29) is 0 Å². The standard InChI is InChI=1S/C14H26N4/c1-4-17(5-2)10-12(3)18-11-15-9-14(18)13-7-6-8-16-13/h9,11-13,16H,4-8,10H2,1-3H3. The molecule has 0 radical (unpaired) electrons. The van der Waals surface area contributed by atoms with E-state index in [9.17, 15) is 0 Å². The predicted octanol–water partition coefficient (Wildman–Crippen LogP) is 2.21. The van der Waals surface area contributed by atoms with Crippen LogP contribution in [0.5, 0.6) is 0 Å². The molecule has 4 heteroatoms. The summed E-state index contributed by atoms with van der Waals surface area (Å²) in [5.74, 6) is 0. The van der Waals surface area contributed by atoms with Gasteiger partial charge in [-0.15, -0.1) is 0 Å². The lowest BCUT2D eigenvalue weighted by atomic mass is 10.1. The van der Waals surface area contributed by atoms with Crippen LogP contribution in [0.3, 0.4) is 0 Å². The molecule has 0 spiro atoms. The molecule has 1 aromatic heterocycles. The van der Waals surface area contributed by atoms with Crippen LogP contribution in [-0.4, -0.2) is 40.6 Å². The first-order valence-corrected chi connectivity index (χ1v) is 7.23. The van der Waals surface area contributed by atoms with Gasteiger partial charge in [0, 0.05) is 24.8 Å². The SMILES string of the molecule is CCN(CC)CC(C)n1cncc1C1CCCN1. The third kappa shape index (κ3) is 2.93. The minimum atomic E-state index is 0.491. The summed E-state index contributed by atoms with van der Waals surface area (Å²) in [6.45, 7) is 11.2. The number of rotatable bonds is 6. The maximum atomic E-state index is 4.35. The van der Waals surface area contributed by atoms with E-state index >= 15 is 0 Å². The molecule has 0 aromatic carbocycles. The first-order valence-electron chi connectivity index (χ1n) is 7.23. The fourth-order valence-corrected chi connectivity index (χ4v) is 2.83. The molecule has 1 aromatic rings. The molecule has 0 amide bonds. The molecule has 1 aliphatic rings. The molecule has 0 aliphatic carbocycles. The van der Waals surface area contributed by atoms with Crippen molar-refractivity contribution in [1.82, 2.24) is 19.8 Å². The fraction of sp³-hybridized carbons (Fsp3) is 0.786. The van der Waals surface area contributed by atoms with Gasteiger partial charge < -0.3 is 14.8 Å². The second kappa shape index (κ2) is 6.34. The quantitative estimate of drug-likeness (QED) is 0.840. The van der Waals surface area contributed by atoms with Crippen LogP contribution >= 0.6 is 0 Å². The normalized spacial score (nSPS) is 21.7. The average Bonchev–Trinajstić information content (AvgIpc) is 3.04. The molecule has 18 heavy (non-hydrogen) atoms. The van der Waals surface area contributed by atoms with E-state index < -0.39 is 0 Å². The van der Waals surface area contributed by atoms with E-state index in [0.29, 0.717) is 12.1 Å². The molecule has 2 atom stereocenters. The highest BCUT2D eigenvalue weighted by atomic mass is 15.2. The lowest BCUT2D eigenvalue weighted by Gasteiger charge is -2.26. The molecule has 2 rings (SSSR count). The molecule has 1 saturated heterocycles. The molecule has 102 valence electrons. The Morgan fingerprint density at radius 1 is 1.50 bits per heavy atom. The van der Waals surface area contributed by atoms with Crippen molar-refractivity contribution in [1.29, 1.82) is 0 Å². The van der Waals surface area contributed by atoms with Crippen LogP contribution in [0.4, 0.5) is 0 Å². The summed E-state index contributed by atoms with van der Waals surface area (Å²) in [5.41, 5.74) is 1.35. The number of imidazole rings is 1. The van der Waals surface area contributed by atoms with Crippen LogP contribution in [0.1, 0.15) is 51.4 Å². The molecular weight excluding hydrogens is 224 g/mol. The van der Waals surface area contributed by atoms with Gasteiger partial charge in [0.1, 0.15) is 0 Å². The van der Waals surface area contributed by atoms with E-state index in [0.717, 1.165) is 26.2 Å². The minimum Gasteiger partial charge on any atom is -0.329 e. The monoisotopic (exact) mass is 250 g/mol. The minimum absolute atomic E-state index is 0.491. The van der Waals surface area contributed by atoms with Gasteiger partial charge in [0.2, 0.25) is 0 Å². The number of hydrogen-bond donors (Lipinski definition) is 1. The highest BCUT2D eigenvalue weighted by molar-refractivity contribution is 5.08. The van der Waals surface area contributed by atoms with Crippen molar-refractivity contribution >= 4 is 0 Å². The first-order chi connectivity index (χ1) is 8.76. The maximum absolute atomic E-state index is 4.35. The smallest absolute Gasteiger partial charge is 0.0951 e. The molecule has 1 aliphatic heterocycles. The van der Waals surface area contributed by atoms with Gasteiger partial charge in [-0.25, -0.2) is 4.98 Å². The van der Waals surface area contributed by atoms with Crippen LogP contribution in [0.2, 0.25) is 0 Å². The van der Waals surface area contributed by atoms with Gasteiger partial charge in [-0.1, -0.05) is 13.8 Å². The lowest BCUT2D eigenvalue weighted by Crippen LogP contribution is -2.30. The molecular formula is C14H26N4. The zero-order valence-electron chi connectivity index (χ0n) is 11.9. The van der Waals surface area contributed by atoms with Gasteiger partial charge in [-0.3, -0.25) is 0 Å². The Morgan fingerprint density at radius 2 is 2.28 bits per heavy atom. The summed E-state index contributed by atoms with van der Waals surface area (Å²) in [6, 6.07) is 0.997. The largest absolute Gasteiger partial charge is 0.329 e. The van der Waals surface area contributed by atoms with Gasteiger partial charge in [-0.2, -0.15) is 0 Å². The van der Waals surface area contributed by atoms with Crippen LogP contribution < -0.4 is 5.32 Å². The Morgan fingerprint density at radius 3 is 2.89 bits per heavy atom. The molecule has 1 fully saturated rings. The third-order valence-electron chi connectivity index (χ3n) is 4.01. The fourth-order valence-electron chi connectivity index (χ4n) is 2.83. The summed E-state index contributed by atoms with van der Waals surface area (Å²) >= 11 is 0. The molecule has 4 nitrogen and oxygen atoms in total. The third-order valence-corrected chi connectivity index (χ3v) is 4.01. The van der Waals surface area contributed by atoms with Crippen molar-refractivity contribution < 1.29 is 0 Å². The second-order valence-electron chi connectivity index (χ2n) is 5.21. The van der Waals surface area contributed by atoms with Crippen LogP contribution in [0, 0.1) is 0 Å². The Labute approximate surface area is 110 Å². The van der Waals surface area contributed by atoms with Crippen LogP contribution in [0.25, 0.3) is 0 Å². The molecule has 2 unspecified atom stereocenters. The number of aromatic nitrogens is 2. The zero-order valence-corrected chi connectivity index (χ0v) is 11.9. The van der Waals surface area contributed by atoms with Crippen molar-refractivity contribution in [2.75, 3.05) is 26.2 Å². The summed E-state index contributed by atoms with van der Waals surface area (Å²) in [7, 11) is 0. The van der Waals surface area contributed by atoms with Gasteiger partial charge in [0.15, 0.2) is 0 Å². The van der Waals surface area contributed by atoms with Crippen molar-refractivity contribution in [3.63, 3.8) is 0 Å². The van der Waals surface area contributed by atoms with Gasteiger partial charge >= 0.3 is 0 Å². The highest BCUT2D eigenvalue weighted by Crippen LogP contribution is 2.25. The average molecular weight is 250 g/mol. The Bertz CT molecular complexity index is 350. The van der Waals surface area contributed by atoms with Gasteiger partial charge in [0.05, 0.1) is 12.0 Å². The Balaban J connectivity index is 2.05. The number of nitrogens with zero attached hydrogens (tertiary/aromatic N) is 3. The molecule has 1 N–H and O–H groups in total. The van der Waals surface area contributed by atoms with Crippen molar-refractivity contribution in [3.8, 4) is 0 Å². The number of nitrogens with one attached hydrogen (secondary N) is 1. The Hall–Kier alpha value is -0.870. The Kier molecular flexibility index (Phi) is 4.78. The van der Waals surface area contributed by atoms with E-state index in [2.05, 4.69) is 40.5 Å². The lowest BCUT2D eigenvalue weighted by molar-refractivity contribution is 0.257. The topological polar surface area (TPSA) is 33.1 Å². The molecule has 0 saturated carbocycles. The van der Waals surface area contributed by atoms with E-state index in [1.54, 1.807) is 0 Å². The van der Waals surface area contributed by atoms with E-state index in [1.165, 1.54) is 18.5 Å². The number of likely N-dealkylation sites (N-methyl/N-ethyl adjacent to an activating group) is 1. The zero-order chi connectivity index (χ0) is 13.0. The van der Waals surface area contributed by atoms with Gasteiger partial charge in [0.25, 0.3) is 0 Å². The maximum Gasteiger partial charge on any atom is 0.0951 e. The second-order valence-corrected chi connectivity index (χ2v) is 5.21.